The van der Waals surface area contributed by atoms with Gasteiger partial charge in [0.05, 0.1) is 17.3 Å². The number of hydrogen-bond donors (Lipinski definition) is 3. The second kappa shape index (κ2) is 5.66. The van der Waals surface area contributed by atoms with Crippen LogP contribution >= 0.6 is 15.9 Å². The number of hydrogen-bond acceptors (Lipinski definition) is 3. The summed E-state index contributed by atoms with van der Waals surface area (Å²) in [4.78, 5) is 10.3. The van der Waals surface area contributed by atoms with Crippen LogP contribution in [0, 0.1) is 0 Å². The van der Waals surface area contributed by atoms with Crippen molar-refractivity contribution in [1.29, 1.82) is 0 Å². The fraction of sp³-hybridized carbons (Fsp3) is 0.375. The average Bonchev–Trinajstić information content (AvgIpc) is 2.51. The van der Waals surface area contributed by atoms with E-state index < -0.39 is 6.03 Å². The second-order valence-electron chi connectivity index (χ2n) is 2.66. The van der Waals surface area contributed by atoms with E-state index in [-0.39, 0.29) is 0 Å². The number of carbonyl (C=O) groups excluding carboxylic acids is 1. The van der Waals surface area contributed by atoms with Gasteiger partial charge in [-0.25, -0.2) is 4.79 Å². The summed E-state index contributed by atoms with van der Waals surface area (Å²) in [5, 5.41) is 5.56. The molecule has 0 atom stereocenters. The third-order valence-electron chi connectivity index (χ3n) is 1.58. The SMILES string of the molecule is NC(=O)NCCNCc1occc1Br. The minimum Gasteiger partial charge on any atom is -0.467 e. The highest BCUT2D eigenvalue weighted by Crippen LogP contribution is 2.16. The zero-order chi connectivity index (χ0) is 10.4. The molecular formula is C8H12BrN3O2. The zero-order valence-corrected chi connectivity index (χ0v) is 9.13. The Hall–Kier alpha value is -1.01. The van der Waals surface area contributed by atoms with Crippen molar-refractivity contribution >= 4 is 22.0 Å². The summed E-state index contributed by atoms with van der Waals surface area (Å²) >= 11 is 3.34. The van der Waals surface area contributed by atoms with Crippen LogP contribution < -0.4 is 16.4 Å². The molecule has 1 aromatic rings. The molecule has 0 aliphatic heterocycles. The van der Waals surface area contributed by atoms with Gasteiger partial charge in [0.15, 0.2) is 0 Å². The number of amides is 2. The number of halogens is 1. The maximum atomic E-state index is 10.3. The highest BCUT2D eigenvalue weighted by molar-refractivity contribution is 9.10. The van der Waals surface area contributed by atoms with Crippen molar-refractivity contribution in [2.45, 2.75) is 6.54 Å². The van der Waals surface area contributed by atoms with Crippen LogP contribution in [0.4, 0.5) is 4.79 Å². The number of furan rings is 1. The third-order valence-corrected chi connectivity index (χ3v) is 2.28. The van der Waals surface area contributed by atoms with Gasteiger partial charge in [0.25, 0.3) is 0 Å². The molecule has 4 N–H and O–H groups in total. The first kappa shape index (κ1) is 11.1. The van der Waals surface area contributed by atoms with Crippen LogP contribution in [-0.2, 0) is 6.54 Å². The van der Waals surface area contributed by atoms with Gasteiger partial charge in [-0.3, -0.25) is 0 Å². The van der Waals surface area contributed by atoms with Gasteiger partial charge in [-0.2, -0.15) is 0 Å². The Bertz CT molecular complexity index is 301. The van der Waals surface area contributed by atoms with Crippen LogP contribution in [0.2, 0.25) is 0 Å². The molecule has 0 unspecified atom stereocenters. The van der Waals surface area contributed by atoms with Crippen molar-refractivity contribution in [3.05, 3.63) is 22.6 Å². The lowest BCUT2D eigenvalue weighted by Crippen LogP contribution is -2.35. The summed E-state index contributed by atoms with van der Waals surface area (Å²) in [7, 11) is 0. The second-order valence-corrected chi connectivity index (χ2v) is 3.51. The van der Waals surface area contributed by atoms with Gasteiger partial charge in [-0.15, -0.1) is 0 Å². The third kappa shape index (κ3) is 3.80. The smallest absolute Gasteiger partial charge is 0.312 e. The molecule has 0 aromatic carbocycles. The molecule has 0 bridgehead atoms. The Morgan fingerprint density at radius 2 is 2.36 bits per heavy atom. The Morgan fingerprint density at radius 3 is 2.93 bits per heavy atom. The number of nitrogens with one attached hydrogen (secondary N) is 2. The summed E-state index contributed by atoms with van der Waals surface area (Å²) in [6.07, 6.45) is 1.61. The Balaban J connectivity index is 2.10. The molecule has 0 saturated heterocycles. The summed E-state index contributed by atoms with van der Waals surface area (Å²) in [6.45, 7) is 1.78. The quantitative estimate of drug-likeness (QED) is 0.686. The van der Waals surface area contributed by atoms with Crippen LogP contribution in [0.5, 0.6) is 0 Å². The molecule has 0 spiro atoms. The standard InChI is InChI=1S/C8H12BrN3O2/c9-6-1-4-14-7(6)5-11-2-3-12-8(10)13/h1,4,11H,2-3,5H2,(H3,10,12,13). The average molecular weight is 262 g/mol. The van der Waals surface area contributed by atoms with Crippen molar-refractivity contribution in [1.82, 2.24) is 10.6 Å². The van der Waals surface area contributed by atoms with Crippen LogP contribution in [-0.4, -0.2) is 19.1 Å². The highest BCUT2D eigenvalue weighted by Gasteiger charge is 2.01. The Morgan fingerprint density at radius 1 is 1.57 bits per heavy atom. The van der Waals surface area contributed by atoms with E-state index in [2.05, 4.69) is 26.6 Å². The van der Waals surface area contributed by atoms with Gasteiger partial charge in [-0.05, 0) is 22.0 Å². The number of urea groups is 1. The molecule has 2 amide bonds. The van der Waals surface area contributed by atoms with Crippen molar-refractivity contribution < 1.29 is 9.21 Å². The van der Waals surface area contributed by atoms with E-state index in [4.69, 9.17) is 10.2 Å². The number of nitrogens with two attached hydrogens (primary N) is 1. The molecule has 0 saturated carbocycles. The van der Waals surface area contributed by atoms with Gasteiger partial charge in [0, 0.05) is 13.1 Å². The maximum absolute atomic E-state index is 10.3. The lowest BCUT2D eigenvalue weighted by molar-refractivity contribution is 0.249. The molecule has 1 aromatic heterocycles. The van der Waals surface area contributed by atoms with E-state index in [1.807, 2.05) is 6.07 Å². The van der Waals surface area contributed by atoms with Crippen molar-refractivity contribution in [2.24, 2.45) is 5.73 Å². The van der Waals surface area contributed by atoms with Gasteiger partial charge in [-0.1, -0.05) is 0 Å². The molecule has 6 heteroatoms. The Labute approximate surface area is 90.2 Å². The zero-order valence-electron chi connectivity index (χ0n) is 7.55. The van der Waals surface area contributed by atoms with Crippen LogP contribution in [0.3, 0.4) is 0 Å². The first-order valence-electron chi connectivity index (χ1n) is 4.16. The molecule has 14 heavy (non-hydrogen) atoms. The summed E-state index contributed by atoms with van der Waals surface area (Å²) in [6, 6.07) is 1.32. The van der Waals surface area contributed by atoms with Gasteiger partial charge in [0.1, 0.15) is 5.76 Å². The summed E-state index contributed by atoms with van der Waals surface area (Å²) in [5.74, 6) is 0.837. The number of primary amides is 1. The normalized spacial score (nSPS) is 10.1. The number of rotatable bonds is 5. The fourth-order valence-corrected chi connectivity index (χ4v) is 1.27. The molecule has 1 rings (SSSR count). The minimum atomic E-state index is -0.508. The van der Waals surface area contributed by atoms with Crippen molar-refractivity contribution in [3.8, 4) is 0 Å². The van der Waals surface area contributed by atoms with E-state index >= 15 is 0 Å². The molecule has 78 valence electrons. The molecule has 0 aliphatic rings. The maximum Gasteiger partial charge on any atom is 0.312 e. The Kier molecular flexibility index (Phi) is 4.48. The predicted molar refractivity (Wildman–Crippen MR) is 55.7 cm³/mol. The largest absolute Gasteiger partial charge is 0.467 e. The topological polar surface area (TPSA) is 80.3 Å². The van der Waals surface area contributed by atoms with Crippen molar-refractivity contribution in [2.75, 3.05) is 13.1 Å². The van der Waals surface area contributed by atoms with Crippen LogP contribution in [0.25, 0.3) is 0 Å². The van der Waals surface area contributed by atoms with E-state index in [9.17, 15) is 4.79 Å². The summed E-state index contributed by atoms with van der Waals surface area (Å²) < 4.78 is 6.11. The van der Waals surface area contributed by atoms with E-state index in [1.54, 1.807) is 6.26 Å². The summed E-state index contributed by atoms with van der Waals surface area (Å²) in [5.41, 5.74) is 4.89. The van der Waals surface area contributed by atoms with E-state index in [0.717, 1.165) is 10.2 Å². The molecule has 0 fully saturated rings. The molecule has 0 aliphatic carbocycles. The van der Waals surface area contributed by atoms with Gasteiger partial charge in [0.2, 0.25) is 0 Å². The first-order chi connectivity index (χ1) is 6.70. The minimum absolute atomic E-state index is 0.508. The predicted octanol–water partition coefficient (Wildman–Crippen LogP) is 0.800. The van der Waals surface area contributed by atoms with Gasteiger partial charge >= 0.3 is 6.03 Å². The van der Waals surface area contributed by atoms with Crippen molar-refractivity contribution in [3.63, 3.8) is 0 Å². The van der Waals surface area contributed by atoms with E-state index in [0.29, 0.717) is 19.6 Å². The van der Waals surface area contributed by atoms with Crippen LogP contribution in [0.15, 0.2) is 21.2 Å². The van der Waals surface area contributed by atoms with Gasteiger partial charge < -0.3 is 20.8 Å². The molecule has 1 heterocycles. The monoisotopic (exact) mass is 261 g/mol. The van der Waals surface area contributed by atoms with E-state index in [1.165, 1.54) is 0 Å². The highest BCUT2D eigenvalue weighted by atomic mass is 79.9. The number of carbonyl (C=O) groups is 1. The molecule has 5 nitrogen and oxygen atoms in total. The fourth-order valence-electron chi connectivity index (χ4n) is 0.927. The lowest BCUT2D eigenvalue weighted by atomic mass is 10.4. The lowest BCUT2D eigenvalue weighted by Gasteiger charge is -2.03. The molecular weight excluding hydrogens is 250 g/mol. The molecule has 0 radical (unpaired) electrons. The van der Waals surface area contributed by atoms with Crippen LogP contribution in [0.1, 0.15) is 5.76 Å². The first-order valence-corrected chi connectivity index (χ1v) is 4.95.